The van der Waals surface area contributed by atoms with E-state index in [9.17, 15) is 14.7 Å². The highest BCUT2D eigenvalue weighted by Crippen LogP contribution is 2.46. The number of carbonyl (C=O) groups is 1. The summed E-state index contributed by atoms with van der Waals surface area (Å²) in [7, 11) is 1.88. The second-order valence-electron chi connectivity index (χ2n) is 9.35. The van der Waals surface area contributed by atoms with Crippen molar-refractivity contribution in [1.82, 2.24) is 19.3 Å². The molecular formula is C24H24N4O3. The number of nitrogens with one attached hydrogen (secondary N) is 1. The fourth-order valence-corrected chi connectivity index (χ4v) is 4.73. The molecule has 2 N–H and O–H groups in total. The Kier molecular flexibility index (Phi) is 4.02. The number of carboxylic acid groups (broad SMARTS) is 1. The number of aryl methyl sites for hydroxylation is 1. The zero-order valence-corrected chi connectivity index (χ0v) is 17.9. The highest BCUT2D eigenvalue weighted by molar-refractivity contribution is 6.01. The van der Waals surface area contributed by atoms with Crippen LogP contribution in [0.4, 0.5) is 0 Å². The lowest BCUT2D eigenvalue weighted by molar-refractivity contribution is 0.0693. The molecule has 0 amide bonds. The summed E-state index contributed by atoms with van der Waals surface area (Å²) < 4.78 is 3.75. The summed E-state index contributed by atoms with van der Waals surface area (Å²) in [5.41, 5.74) is 5.09. The molecule has 4 aromatic rings. The number of H-pyrrole nitrogens is 1. The second kappa shape index (κ2) is 6.44. The summed E-state index contributed by atoms with van der Waals surface area (Å²) in [6.07, 6.45) is 7.98. The van der Waals surface area contributed by atoms with Crippen LogP contribution in [0.5, 0.6) is 0 Å². The van der Waals surface area contributed by atoms with E-state index in [1.165, 1.54) is 12.3 Å². The smallest absolute Gasteiger partial charge is 0.341 e. The van der Waals surface area contributed by atoms with Crippen molar-refractivity contribution in [1.29, 1.82) is 0 Å². The van der Waals surface area contributed by atoms with Crippen LogP contribution in [0.1, 0.15) is 42.7 Å². The lowest BCUT2D eigenvalue weighted by atomic mass is 9.77. The summed E-state index contributed by atoms with van der Waals surface area (Å²) in [4.78, 5) is 27.7. The van der Waals surface area contributed by atoms with Crippen LogP contribution in [0.3, 0.4) is 0 Å². The molecule has 0 spiro atoms. The Morgan fingerprint density at radius 3 is 2.65 bits per heavy atom. The number of aromatic nitrogens is 4. The van der Waals surface area contributed by atoms with Gasteiger partial charge in [-0.05, 0) is 35.1 Å². The quantitative estimate of drug-likeness (QED) is 0.511. The molecule has 31 heavy (non-hydrogen) atoms. The Morgan fingerprint density at radius 2 is 2.00 bits per heavy atom. The first kappa shape index (κ1) is 19.4. The van der Waals surface area contributed by atoms with Crippen molar-refractivity contribution >= 4 is 16.9 Å². The Bertz CT molecular complexity index is 1420. The maximum absolute atomic E-state index is 12.7. The van der Waals surface area contributed by atoms with E-state index in [1.54, 1.807) is 4.68 Å². The number of carboxylic acids is 1. The summed E-state index contributed by atoms with van der Waals surface area (Å²) in [6, 6.07) is 5.65. The van der Waals surface area contributed by atoms with Gasteiger partial charge in [-0.2, -0.15) is 5.10 Å². The number of benzene rings is 1. The first-order valence-electron chi connectivity index (χ1n) is 10.3. The number of hydrogen-bond donors (Lipinski definition) is 2. The molecule has 158 valence electrons. The molecule has 1 aliphatic heterocycles. The molecular weight excluding hydrogens is 392 g/mol. The minimum absolute atomic E-state index is 0.00411. The SMILES string of the molecule is Cn1cc(-c2cc3c(c4[nH]ccc24)C[C@@H](C(C)(C)C)n2cc(C(=O)O)c(=O)cc2-3)cn1. The zero-order valence-electron chi connectivity index (χ0n) is 17.9. The number of aromatic carboxylic acids is 1. The van der Waals surface area contributed by atoms with Crippen molar-refractivity contribution in [2.24, 2.45) is 12.5 Å². The van der Waals surface area contributed by atoms with Crippen LogP contribution in [-0.2, 0) is 13.5 Å². The van der Waals surface area contributed by atoms with Crippen LogP contribution in [0.2, 0.25) is 0 Å². The molecule has 0 saturated carbocycles. The average Bonchev–Trinajstić information content (AvgIpc) is 3.34. The number of fused-ring (bicyclic) bond motifs is 5. The molecule has 0 saturated heterocycles. The van der Waals surface area contributed by atoms with Gasteiger partial charge < -0.3 is 14.7 Å². The molecule has 3 aromatic heterocycles. The minimum Gasteiger partial charge on any atom is -0.477 e. The fraction of sp³-hybridized carbons (Fsp3) is 0.292. The van der Waals surface area contributed by atoms with Crippen molar-refractivity contribution in [3.8, 4) is 22.4 Å². The van der Waals surface area contributed by atoms with E-state index in [2.05, 4.69) is 43.0 Å². The van der Waals surface area contributed by atoms with Gasteiger partial charge in [0.1, 0.15) is 5.56 Å². The molecule has 0 aliphatic carbocycles. The van der Waals surface area contributed by atoms with Gasteiger partial charge in [0, 0.05) is 59.8 Å². The summed E-state index contributed by atoms with van der Waals surface area (Å²) in [5.74, 6) is -1.20. The molecule has 0 radical (unpaired) electrons. The van der Waals surface area contributed by atoms with E-state index in [1.807, 2.05) is 30.2 Å². The molecule has 4 heterocycles. The molecule has 1 aromatic carbocycles. The molecule has 7 nitrogen and oxygen atoms in total. The second-order valence-corrected chi connectivity index (χ2v) is 9.35. The van der Waals surface area contributed by atoms with Gasteiger partial charge in [0.05, 0.1) is 11.9 Å². The van der Waals surface area contributed by atoms with Crippen molar-refractivity contribution in [2.75, 3.05) is 0 Å². The lowest BCUT2D eigenvalue weighted by Crippen LogP contribution is -2.33. The number of rotatable bonds is 2. The Morgan fingerprint density at radius 1 is 1.23 bits per heavy atom. The summed E-state index contributed by atoms with van der Waals surface area (Å²) >= 11 is 0. The van der Waals surface area contributed by atoms with Gasteiger partial charge in [-0.15, -0.1) is 0 Å². The number of nitrogens with zero attached hydrogens (tertiary/aromatic N) is 3. The van der Waals surface area contributed by atoms with Crippen LogP contribution < -0.4 is 5.43 Å². The van der Waals surface area contributed by atoms with Crippen LogP contribution in [-0.4, -0.2) is 30.4 Å². The summed E-state index contributed by atoms with van der Waals surface area (Å²) in [5, 5.41) is 15.0. The zero-order chi connectivity index (χ0) is 22.1. The Labute approximate surface area is 179 Å². The van der Waals surface area contributed by atoms with E-state index in [0.29, 0.717) is 0 Å². The van der Waals surface area contributed by atoms with Crippen LogP contribution in [0.25, 0.3) is 33.3 Å². The predicted molar refractivity (Wildman–Crippen MR) is 119 cm³/mol. The molecule has 0 unspecified atom stereocenters. The Balaban J connectivity index is 1.87. The molecule has 1 aliphatic rings. The van der Waals surface area contributed by atoms with Crippen molar-refractivity contribution in [2.45, 2.75) is 33.2 Å². The van der Waals surface area contributed by atoms with E-state index in [4.69, 9.17) is 0 Å². The highest BCUT2D eigenvalue weighted by atomic mass is 16.4. The topological polar surface area (TPSA) is 92.9 Å². The molecule has 0 fully saturated rings. The maximum atomic E-state index is 12.7. The third-order valence-electron chi connectivity index (χ3n) is 6.29. The molecule has 5 rings (SSSR count). The van der Waals surface area contributed by atoms with Crippen molar-refractivity contribution < 1.29 is 9.90 Å². The third-order valence-corrected chi connectivity index (χ3v) is 6.29. The Hall–Kier alpha value is -3.61. The standard InChI is InChI=1S/C24H24N4O3/c1-24(2,3)21-8-17-16(19-9-20(29)18(23(30)31)12-28(19)21)7-15(13-10-26-27(4)11-13)14-5-6-25-22(14)17/h5-7,9-12,21,25H,8H2,1-4H3,(H,30,31)/t21-/m0/s1. The maximum Gasteiger partial charge on any atom is 0.341 e. The average molecular weight is 416 g/mol. The number of aromatic amines is 1. The van der Waals surface area contributed by atoms with Crippen LogP contribution in [0, 0.1) is 5.41 Å². The van der Waals surface area contributed by atoms with Gasteiger partial charge in [0.2, 0.25) is 0 Å². The normalized spacial score (nSPS) is 15.7. The van der Waals surface area contributed by atoms with Crippen LogP contribution in [0.15, 0.2) is 47.8 Å². The fourth-order valence-electron chi connectivity index (χ4n) is 4.73. The van der Waals surface area contributed by atoms with Crippen LogP contribution >= 0.6 is 0 Å². The minimum atomic E-state index is -1.20. The third kappa shape index (κ3) is 2.91. The van der Waals surface area contributed by atoms with Gasteiger partial charge in [-0.1, -0.05) is 20.8 Å². The number of hydrogen-bond acceptors (Lipinski definition) is 3. The first-order chi connectivity index (χ1) is 14.6. The largest absolute Gasteiger partial charge is 0.477 e. The lowest BCUT2D eigenvalue weighted by Gasteiger charge is -2.39. The molecule has 7 heteroatoms. The highest BCUT2D eigenvalue weighted by Gasteiger charge is 2.35. The van der Waals surface area contributed by atoms with Crippen molar-refractivity contribution in [3.05, 3.63) is 64.3 Å². The van der Waals surface area contributed by atoms with E-state index >= 15 is 0 Å². The van der Waals surface area contributed by atoms with Gasteiger partial charge in [0.15, 0.2) is 5.43 Å². The van der Waals surface area contributed by atoms with Gasteiger partial charge in [0.25, 0.3) is 0 Å². The van der Waals surface area contributed by atoms with E-state index in [0.717, 1.165) is 45.3 Å². The number of pyridine rings is 1. The van der Waals surface area contributed by atoms with Gasteiger partial charge in [-0.3, -0.25) is 9.48 Å². The summed E-state index contributed by atoms with van der Waals surface area (Å²) in [6.45, 7) is 6.42. The van der Waals surface area contributed by atoms with Gasteiger partial charge in [-0.25, -0.2) is 4.79 Å². The molecule has 1 atom stereocenters. The van der Waals surface area contributed by atoms with E-state index < -0.39 is 11.4 Å². The first-order valence-corrected chi connectivity index (χ1v) is 10.3. The van der Waals surface area contributed by atoms with Crippen molar-refractivity contribution in [3.63, 3.8) is 0 Å². The predicted octanol–water partition coefficient (Wildman–Crippen LogP) is 4.24. The van der Waals surface area contributed by atoms with Gasteiger partial charge >= 0.3 is 5.97 Å². The molecule has 0 bridgehead atoms. The monoisotopic (exact) mass is 416 g/mol. The van der Waals surface area contributed by atoms with E-state index in [-0.39, 0.29) is 17.0 Å².